The monoisotopic (exact) mass is 406 g/mol. The van der Waals surface area contributed by atoms with Crippen LogP contribution in [0.15, 0.2) is 72.8 Å². The number of benzene rings is 3. The molecule has 3 aromatic carbocycles. The van der Waals surface area contributed by atoms with Gasteiger partial charge in [0.1, 0.15) is 11.5 Å². The summed E-state index contributed by atoms with van der Waals surface area (Å²) in [5.41, 5.74) is -0.0284. The highest BCUT2D eigenvalue weighted by Crippen LogP contribution is 2.19. The first-order chi connectivity index (χ1) is 14.3. The van der Waals surface area contributed by atoms with Crippen molar-refractivity contribution in [1.29, 1.82) is 0 Å². The molecule has 150 valence electrons. The van der Waals surface area contributed by atoms with Crippen molar-refractivity contribution in [2.24, 2.45) is 0 Å². The van der Waals surface area contributed by atoms with E-state index in [9.17, 15) is 19.2 Å². The van der Waals surface area contributed by atoms with Crippen molar-refractivity contribution in [1.82, 2.24) is 0 Å². The molecule has 0 fully saturated rings. The molecular formula is C22H14O8. The predicted octanol–water partition coefficient (Wildman–Crippen LogP) is 3.52. The molecule has 0 heterocycles. The minimum Gasteiger partial charge on any atom is -0.478 e. The normalized spacial score (nSPS) is 10.1. The smallest absolute Gasteiger partial charge is 0.344 e. The van der Waals surface area contributed by atoms with E-state index in [1.165, 1.54) is 60.7 Å². The second-order valence-corrected chi connectivity index (χ2v) is 5.98. The van der Waals surface area contributed by atoms with Gasteiger partial charge >= 0.3 is 23.9 Å². The van der Waals surface area contributed by atoms with Gasteiger partial charge in [0.15, 0.2) is 0 Å². The van der Waals surface area contributed by atoms with Crippen LogP contribution < -0.4 is 9.47 Å². The maximum Gasteiger partial charge on any atom is 0.344 e. The van der Waals surface area contributed by atoms with Crippen LogP contribution >= 0.6 is 0 Å². The summed E-state index contributed by atoms with van der Waals surface area (Å²) in [5.74, 6) is -3.66. The minimum absolute atomic E-state index is 0.0349. The average molecular weight is 406 g/mol. The van der Waals surface area contributed by atoms with E-state index in [1.807, 2.05) is 0 Å². The van der Waals surface area contributed by atoms with Gasteiger partial charge in [-0.15, -0.1) is 0 Å². The summed E-state index contributed by atoms with van der Waals surface area (Å²) < 4.78 is 10.4. The number of esters is 2. The van der Waals surface area contributed by atoms with Crippen LogP contribution in [0.1, 0.15) is 41.4 Å². The van der Waals surface area contributed by atoms with Crippen molar-refractivity contribution >= 4 is 23.9 Å². The molecule has 0 aromatic heterocycles. The highest BCUT2D eigenvalue weighted by Gasteiger charge is 2.20. The SMILES string of the molecule is O=C(O)c1ccc(OC(=O)c2ccccc2C(=O)Oc2ccc(C(=O)O)cc2)cc1. The van der Waals surface area contributed by atoms with Gasteiger partial charge in [-0.25, -0.2) is 19.2 Å². The van der Waals surface area contributed by atoms with Crippen LogP contribution in [0.4, 0.5) is 0 Å². The Kier molecular flexibility index (Phi) is 5.88. The quantitative estimate of drug-likeness (QED) is 0.470. The zero-order chi connectivity index (χ0) is 21.7. The molecule has 0 aliphatic carbocycles. The van der Waals surface area contributed by atoms with Gasteiger partial charge in [0.25, 0.3) is 0 Å². The molecule has 0 unspecified atom stereocenters. The van der Waals surface area contributed by atoms with Gasteiger partial charge in [-0.05, 0) is 60.7 Å². The molecule has 3 rings (SSSR count). The first kappa shape index (κ1) is 20.3. The number of ether oxygens (including phenoxy) is 2. The van der Waals surface area contributed by atoms with Crippen molar-refractivity contribution < 1.29 is 38.9 Å². The fourth-order valence-corrected chi connectivity index (χ4v) is 2.49. The van der Waals surface area contributed by atoms with E-state index >= 15 is 0 Å². The maximum atomic E-state index is 12.5. The number of carbonyl (C=O) groups excluding carboxylic acids is 2. The van der Waals surface area contributed by atoms with E-state index < -0.39 is 23.9 Å². The minimum atomic E-state index is -1.11. The number of carboxylic acid groups (broad SMARTS) is 2. The zero-order valence-corrected chi connectivity index (χ0v) is 15.3. The molecule has 0 bridgehead atoms. The molecule has 2 N–H and O–H groups in total. The summed E-state index contributed by atoms with van der Waals surface area (Å²) in [6, 6.07) is 16.3. The number of hydrogen-bond acceptors (Lipinski definition) is 6. The molecule has 0 spiro atoms. The molecule has 30 heavy (non-hydrogen) atoms. The Balaban J connectivity index is 1.77. The second kappa shape index (κ2) is 8.70. The topological polar surface area (TPSA) is 127 Å². The fourth-order valence-electron chi connectivity index (χ4n) is 2.49. The Morgan fingerprint density at radius 3 is 1.17 bits per heavy atom. The van der Waals surface area contributed by atoms with Gasteiger partial charge in [0.05, 0.1) is 22.3 Å². The average Bonchev–Trinajstić information content (AvgIpc) is 2.74. The second-order valence-electron chi connectivity index (χ2n) is 5.98. The lowest BCUT2D eigenvalue weighted by Gasteiger charge is -2.10. The highest BCUT2D eigenvalue weighted by atomic mass is 16.5. The molecule has 0 aliphatic heterocycles. The van der Waals surface area contributed by atoms with Crippen molar-refractivity contribution in [2.45, 2.75) is 0 Å². The first-order valence-electron chi connectivity index (χ1n) is 8.55. The molecule has 3 aromatic rings. The number of rotatable bonds is 6. The number of carbonyl (C=O) groups is 4. The molecule has 0 radical (unpaired) electrons. The highest BCUT2D eigenvalue weighted by molar-refractivity contribution is 6.04. The molecule has 0 saturated carbocycles. The van der Waals surface area contributed by atoms with Crippen LogP contribution in [0.3, 0.4) is 0 Å². The third kappa shape index (κ3) is 4.68. The Morgan fingerprint density at radius 2 is 0.867 bits per heavy atom. The summed E-state index contributed by atoms with van der Waals surface area (Å²) >= 11 is 0. The van der Waals surface area contributed by atoms with Gasteiger partial charge in [-0.1, -0.05) is 12.1 Å². The van der Waals surface area contributed by atoms with Crippen LogP contribution in [0, 0.1) is 0 Å². The number of carboxylic acids is 2. The van der Waals surface area contributed by atoms with E-state index in [0.29, 0.717) is 0 Å². The summed E-state index contributed by atoms with van der Waals surface area (Å²) in [6.07, 6.45) is 0. The van der Waals surface area contributed by atoms with E-state index in [0.717, 1.165) is 0 Å². The van der Waals surface area contributed by atoms with Crippen LogP contribution in [0.25, 0.3) is 0 Å². The summed E-state index contributed by atoms with van der Waals surface area (Å²) in [6.45, 7) is 0. The Labute approximate surface area is 169 Å². The predicted molar refractivity (Wildman–Crippen MR) is 103 cm³/mol. The molecule has 8 nitrogen and oxygen atoms in total. The third-order valence-electron chi connectivity index (χ3n) is 3.99. The van der Waals surface area contributed by atoms with Crippen LogP contribution in [-0.4, -0.2) is 34.1 Å². The molecule has 0 amide bonds. The number of hydrogen-bond donors (Lipinski definition) is 2. The van der Waals surface area contributed by atoms with Gasteiger partial charge in [-0.3, -0.25) is 0 Å². The Hall–Kier alpha value is -4.46. The van der Waals surface area contributed by atoms with Crippen molar-refractivity contribution in [3.63, 3.8) is 0 Å². The van der Waals surface area contributed by atoms with E-state index in [1.54, 1.807) is 12.1 Å². The summed E-state index contributed by atoms with van der Waals surface area (Å²) in [5, 5.41) is 17.8. The maximum absolute atomic E-state index is 12.5. The number of aromatic carboxylic acids is 2. The lowest BCUT2D eigenvalue weighted by atomic mass is 10.1. The Bertz CT molecular complexity index is 1020. The first-order valence-corrected chi connectivity index (χ1v) is 8.55. The standard InChI is InChI=1S/C22H14O8/c23-19(24)13-5-9-15(10-6-13)29-21(27)17-3-1-2-4-18(17)22(28)30-16-11-7-14(8-12-16)20(25)26/h1-12H,(H,23,24)(H,25,26). The lowest BCUT2D eigenvalue weighted by molar-refractivity contribution is 0.0683. The van der Waals surface area contributed by atoms with Crippen LogP contribution in [0.2, 0.25) is 0 Å². The van der Waals surface area contributed by atoms with Crippen molar-refractivity contribution in [3.8, 4) is 11.5 Å². The molecule has 0 aliphatic rings. The molecule has 0 atom stereocenters. The van der Waals surface area contributed by atoms with Crippen molar-refractivity contribution in [3.05, 3.63) is 95.1 Å². The summed E-state index contributed by atoms with van der Waals surface area (Å²) in [7, 11) is 0. The largest absolute Gasteiger partial charge is 0.478 e. The van der Waals surface area contributed by atoms with E-state index in [-0.39, 0.29) is 33.8 Å². The van der Waals surface area contributed by atoms with E-state index in [4.69, 9.17) is 19.7 Å². The molecule has 0 saturated heterocycles. The van der Waals surface area contributed by atoms with Crippen LogP contribution in [-0.2, 0) is 0 Å². The van der Waals surface area contributed by atoms with Crippen molar-refractivity contribution in [2.75, 3.05) is 0 Å². The van der Waals surface area contributed by atoms with Crippen LogP contribution in [0.5, 0.6) is 11.5 Å². The summed E-state index contributed by atoms with van der Waals surface area (Å²) in [4.78, 5) is 46.8. The van der Waals surface area contributed by atoms with Gasteiger partial charge < -0.3 is 19.7 Å². The van der Waals surface area contributed by atoms with Gasteiger partial charge in [0.2, 0.25) is 0 Å². The fraction of sp³-hybridized carbons (Fsp3) is 0. The molecular weight excluding hydrogens is 392 g/mol. The lowest BCUT2D eigenvalue weighted by Crippen LogP contribution is -2.17. The van der Waals surface area contributed by atoms with Gasteiger partial charge in [-0.2, -0.15) is 0 Å². The van der Waals surface area contributed by atoms with Gasteiger partial charge in [0, 0.05) is 0 Å². The third-order valence-corrected chi connectivity index (χ3v) is 3.99. The van der Waals surface area contributed by atoms with E-state index in [2.05, 4.69) is 0 Å². The zero-order valence-electron chi connectivity index (χ0n) is 15.3. The Morgan fingerprint density at radius 1 is 0.533 bits per heavy atom. The molecule has 8 heteroatoms.